The number of rotatable bonds is 6. The molecule has 0 heterocycles. The molecule has 0 aliphatic heterocycles. The molecule has 1 unspecified atom stereocenters. The van der Waals surface area contributed by atoms with Crippen LogP contribution in [0.3, 0.4) is 0 Å². The summed E-state index contributed by atoms with van der Waals surface area (Å²) in [5.41, 5.74) is 0.519. The number of hydrogen-bond acceptors (Lipinski definition) is 2. The number of para-hydroxylation sites is 1. The van der Waals surface area contributed by atoms with E-state index < -0.39 is 0 Å². The predicted octanol–water partition coefficient (Wildman–Crippen LogP) is 3.69. The largest absolute Gasteiger partial charge is 0.492 e. The van der Waals surface area contributed by atoms with E-state index in [0.29, 0.717) is 23.6 Å². The molecule has 2 aromatic rings. The fraction of sp³-hybridized carbons (Fsp3) is 0.250. The number of benzene rings is 2. The van der Waals surface area contributed by atoms with E-state index in [1.54, 1.807) is 12.1 Å². The monoisotopic (exact) mass is 293 g/mol. The van der Waals surface area contributed by atoms with Crippen molar-refractivity contribution in [1.82, 2.24) is 5.32 Å². The molecule has 0 aliphatic carbocycles. The average Bonchev–Trinajstić information content (AvgIpc) is 2.47. The molecule has 0 aliphatic rings. The first kappa shape index (κ1) is 14.8. The SMILES string of the molecule is CNC(COc1ccccc1)Cc1c(F)cccc1Cl. The molecule has 2 rings (SSSR count). The summed E-state index contributed by atoms with van der Waals surface area (Å²) in [6.45, 7) is 0.450. The van der Waals surface area contributed by atoms with Gasteiger partial charge in [-0.1, -0.05) is 35.9 Å². The second kappa shape index (κ2) is 7.27. The molecule has 0 saturated heterocycles. The maximum atomic E-state index is 13.8. The van der Waals surface area contributed by atoms with Gasteiger partial charge in [-0.05, 0) is 37.7 Å². The van der Waals surface area contributed by atoms with Gasteiger partial charge < -0.3 is 10.1 Å². The van der Waals surface area contributed by atoms with E-state index in [1.807, 2.05) is 37.4 Å². The Labute approximate surface area is 123 Å². The van der Waals surface area contributed by atoms with Gasteiger partial charge >= 0.3 is 0 Å². The van der Waals surface area contributed by atoms with Crippen molar-refractivity contribution >= 4 is 11.6 Å². The van der Waals surface area contributed by atoms with Gasteiger partial charge in [-0.2, -0.15) is 0 Å². The zero-order valence-electron chi connectivity index (χ0n) is 11.3. The number of halogens is 2. The lowest BCUT2D eigenvalue weighted by Gasteiger charge is -2.18. The molecular weight excluding hydrogens is 277 g/mol. The first-order valence-electron chi connectivity index (χ1n) is 6.48. The summed E-state index contributed by atoms with van der Waals surface area (Å²) in [5, 5.41) is 3.57. The Morgan fingerprint density at radius 1 is 1.15 bits per heavy atom. The van der Waals surface area contributed by atoms with Crippen LogP contribution in [0.1, 0.15) is 5.56 Å². The first-order valence-corrected chi connectivity index (χ1v) is 6.86. The fourth-order valence-electron chi connectivity index (χ4n) is 1.93. The molecule has 4 heteroatoms. The molecule has 0 aromatic heterocycles. The van der Waals surface area contributed by atoms with E-state index >= 15 is 0 Å². The summed E-state index contributed by atoms with van der Waals surface area (Å²) < 4.78 is 19.4. The molecule has 0 fully saturated rings. The van der Waals surface area contributed by atoms with Crippen LogP contribution in [-0.4, -0.2) is 19.7 Å². The normalized spacial score (nSPS) is 12.2. The average molecular weight is 294 g/mol. The van der Waals surface area contributed by atoms with Crippen molar-refractivity contribution in [2.75, 3.05) is 13.7 Å². The lowest BCUT2D eigenvalue weighted by molar-refractivity contribution is 0.269. The Bertz CT molecular complexity index is 527. The molecular formula is C16H17ClFNO. The van der Waals surface area contributed by atoms with Gasteiger partial charge in [0.2, 0.25) is 0 Å². The van der Waals surface area contributed by atoms with Gasteiger partial charge in [-0.25, -0.2) is 4.39 Å². The summed E-state index contributed by atoms with van der Waals surface area (Å²) in [7, 11) is 1.83. The van der Waals surface area contributed by atoms with E-state index in [0.717, 1.165) is 5.75 Å². The van der Waals surface area contributed by atoms with Crippen LogP contribution in [0, 0.1) is 5.82 Å². The highest BCUT2D eigenvalue weighted by atomic mass is 35.5. The first-order chi connectivity index (χ1) is 9.70. The Balaban J connectivity index is 1.99. The van der Waals surface area contributed by atoms with Crippen molar-refractivity contribution < 1.29 is 9.13 Å². The maximum Gasteiger partial charge on any atom is 0.127 e. The van der Waals surface area contributed by atoms with Crippen LogP contribution >= 0.6 is 11.6 Å². The molecule has 1 atom stereocenters. The fourth-order valence-corrected chi connectivity index (χ4v) is 2.17. The molecule has 0 saturated carbocycles. The highest BCUT2D eigenvalue weighted by molar-refractivity contribution is 6.31. The Morgan fingerprint density at radius 2 is 1.90 bits per heavy atom. The van der Waals surface area contributed by atoms with Crippen LogP contribution in [0.15, 0.2) is 48.5 Å². The molecule has 1 N–H and O–H groups in total. The number of nitrogens with one attached hydrogen (secondary N) is 1. The smallest absolute Gasteiger partial charge is 0.127 e. The van der Waals surface area contributed by atoms with Gasteiger partial charge in [0, 0.05) is 16.6 Å². The maximum absolute atomic E-state index is 13.8. The quantitative estimate of drug-likeness (QED) is 0.877. The number of hydrogen-bond donors (Lipinski definition) is 1. The van der Waals surface area contributed by atoms with Crippen LogP contribution in [0.25, 0.3) is 0 Å². The lowest BCUT2D eigenvalue weighted by Crippen LogP contribution is -2.34. The highest BCUT2D eigenvalue weighted by Crippen LogP contribution is 2.20. The Hall–Kier alpha value is -1.58. The van der Waals surface area contributed by atoms with Crippen molar-refractivity contribution in [3.05, 3.63) is 64.9 Å². The second-order valence-electron chi connectivity index (χ2n) is 4.51. The molecule has 0 spiro atoms. The molecule has 0 radical (unpaired) electrons. The van der Waals surface area contributed by atoms with Gasteiger partial charge in [0.05, 0.1) is 0 Å². The van der Waals surface area contributed by atoms with Crippen molar-refractivity contribution in [2.45, 2.75) is 12.5 Å². The van der Waals surface area contributed by atoms with Crippen LogP contribution in [0.4, 0.5) is 4.39 Å². The molecule has 2 aromatic carbocycles. The summed E-state index contributed by atoms with van der Waals surface area (Å²) in [6, 6.07) is 14.3. The van der Waals surface area contributed by atoms with Gasteiger partial charge in [0.15, 0.2) is 0 Å². The summed E-state index contributed by atoms with van der Waals surface area (Å²) in [6.07, 6.45) is 0.481. The molecule has 0 amide bonds. The topological polar surface area (TPSA) is 21.3 Å². The van der Waals surface area contributed by atoms with Gasteiger partial charge in [0.25, 0.3) is 0 Å². The third-order valence-corrected chi connectivity index (χ3v) is 3.47. The van der Waals surface area contributed by atoms with Crippen LogP contribution in [-0.2, 0) is 6.42 Å². The third-order valence-electron chi connectivity index (χ3n) is 3.11. The van der Waals surface area contributed by atoms with Crippen LogP contribution in [0.2, 0.25) is 5.02 Å². The lowest BCUT2D eigenvalue weighted by atomic mass is 10.1. The van der Waals surface area contributed by atoms with E-state index in [9.17, 15) is 4.39 Å². The Morgan fingerprint density at radius 3 is 2.55 bits per heavy atom. The van der Waals surface area contributed by atoms with Gasteiger partial charge in [0.1, 0.15) is 18.2 Å². The van der Waals surface area contributed by atoms with E-state index in [2.05, 4.69) is 5.32 Å². The minimum Gasteiger partial charge on any atom is -0.492 e. The standard InChI is InChI=1S/C16H17ClFNO/c1-19-12(11-20-13-6-3-2-4-7-13)10-14-15(17)8-5-9-16(14)18/h2-9,12,19H,10-11H2,1H3. The summed E-state index contributed by atoms with van der Waals surface area (Å²) >= 11 is 6.04. The second-order valence-corrected chi connectivity index (χ2v) is 4.92. The molecule has 0 bridgehead atoms. The minimum atomic E-state index is -0.280. The number of likely N-dealkylation sites (N-methyl/N-ethyl adjacent to an activating group) is 1. The van der Waals surface area contributed by atoms with Crippen molar-refractivity contribution in [3.63, 3.8) is 0 Å². The van der Waals surface area contributed by atoms with Gasteiger partial charge in [-0.3, -0.25) is 0 Å². The van der Waals surface area contributed by atoms with Crippen molar-refractivity contribution in [2.24, 2.45) is 0 Å². The van der Waals surface area contributed by atoms with E-state index in [4.69, 9.17) is 16.3 Å². The highest BCUT2D eigenvalue weighted by Gasteiger charge is 2.14. The van der Waals surface area contributed by atoms with Gasteiger partial charge in [-0.15, -0.1) is 0 Å². The molecule has 2 nitrogen and oxygen atoms in total. The summed E-state index contributed by atoms with van der Waals surface area (Å²) in [4.78, 5) is 0. The zero-order chi connectivity index (χ0) is 14.4. The molecule has 106 valence electrons. The molecule has 20 heavy (non-hydrogen) atoms. The zero-order valence-corrected chi connectivity index (χ0v) is 12.0. The van der Waals surface area contributed by atoms with Crippen LogP contribution in [0.5, 0.6) is 5.75 Å². The van der Waals surface area contributed by atoms with E-state index in [-0.39, 0.29) is 11.9 Å². The van der Waals surface area contributed by atoms with E-state index in [1.165, 1.54) is 6.07 Å². The Kier molecular flexibility index (Phi) is 5.39. The number of ether oxygens (including phenoxy) is 1. The summed E-state index contributed by atoms with van der Waals surface area (Å²) in [5.74, 6) is 0.518. The van der Waals surface area contributed by atoms with Crippen molar-refractivity contribution in [3.8, 4) is 5.75 Å². The minimum absolute atomic E-state index is 0.00962. The van der Waals surface area contributed by atoms with Crippen molar-refractivity contribution in [1.29, 1.82) is 0 Å². The predicted molar refractivity (Wildman–Crippen MR) is 79.9 cm³/mol. The van der Waals surface area contributed by atoms with Crippen LogP contribution < -0.4 is 10.1 Å². The third kappa shape index (κ3) is 3.95.